The Labute approximate surface area is 140 Å². The van der Waals surface area contributed by atoms with Crippen LogP contribution in [0.5, 0.6) is 0 Å². The molecule has 0 aliphatic carbocycles. The Morgan fingerprint density at radius 2 is 2.00 bits per heavy atom. The highest BCUT2D eigenvalue weighted by molar-refractivity contribution is 9.10. The molecule has 7 heteroatoms. The number of benzene rings is 1. The molecule has 122 valence electrons. The number of sulfonamides is 1. The van der Waals surface area contributed by atoms with Gasteiger partial charge in [-0.1, -0.05) is 28.1 Å². The van der Waals surface area contributed by atoms with Crippen LogP contribution in [0.4, 0.5) is 0 Å². The van der Waals surface area contributed by atoms with Crippen molar-refractivity contribution in [2.75, 3.05) is 19.3 Å². The Kier molecular flexibility index (Phi) is 5.63. The van der Waals surface area contributed by atoms with E-state index in [-0.39, 0.29) is 17.9 Å². The molecule has 1 saturated heterocycles. The minimum atomic E-state index is -3.15. The first-order valence-corrected chi connectivity index (χ1v) is 9.92. The maximum atomic E-state index is 12.3. The monoisotopic (exact) mass is 388 g/mol. The summed E-state index contributed by atoms with van der Waals surface area (Å²) in [5.41, 5.74) is 1.04. The summed E-state index contributed by atoms with van der Waals surface area (Å²) in [6, 6.07) is 7.77. The fraction of sp³-hybridized carbons (Fsp3) is 0.533. The number of carbonyl (C=O) groups excluding carboxylic acids is 1. The van der Waals surface area contributed by atoms with Gasteiger partial charge in [-0.25, -0.2) is 12.7 Å². The molecule has 5 nitrogen and oxygen atoms in total. The molecule has 1 fully saturated rings. The van der Waals surface area contributed by atoms with Crippen molar-refractivity contribution >= 4 is 31.9 Å². The average Bonchev–Trinajstić information content (AvgIpc) is 2.46. The molecule has 0 unspecified atom stereocenters. The third kappa shape index (κ3) is 4.54. The molecule has 1 N–H and O–H groups in total. The van der Waals surface area contributed by atoms with Gasteiger partial charge in [0, 0.05) is 23.5 Å². The van der Waals surface area contributed by atoms with E-state index in [0.29, 0.717) is 25.9 Å². The lowest BCUT2D eigenvalue weighted by atomic mass is 9.96. The lowest BCUT2D eigenvalue weighted by Crippen LogP contribution is -2.43. The average molecular weight is 389 g/mol. The van der Waals surface area contributed by atoms with Gasteiger partial charge in [0.15, 0.2) is 0 Å². The predicted molar refractivity (Wildman–Crippen MR) is 89.8 cm³/mol. The minimum absolute atomic E-state index is 0.000580. The maximum absolute atomic E-state index is 12.3. The van der Waals surface area contributed by atoms with Crippen molar-refractivity contribution < 1.29 is 13.2 Å². The highest BCUT2D eigenvalue weighted by Crippen LogP contribution is 2.22. The normalized spacial score (nSPS) is 18.9. The molecule has 1 aromatic rings. The summed E-state index contributed by atoms with van der Waals surface area (Å²) in [5, 5.41) is 3.02. The molecule has 22 heavy (non-hydrogen) atoms. The van der Waals surface area contributed by atoms with Crippen LogP contribution in [0, 0.1) is 5.92 Å². The first-order valence-electron chi connectivity index (χ1n) is 7.28. The van der Waals surface area contributed by atoms with Crippen LogP contribution >= 0.6 is 15.9 Å². The van der Waals surface area contributed by atoms with Crippen molar-refractivity contribution in [3.05, 3.63) is 34.3 Å². The molecule has 1 heterocycles. The number of piperidine rings is 1. The van der Waals surface area contributed by atoms with Gasteiger partial charge in [-0.15, -0.1) is 0 Å². The van der Waals surface area contributed by atoms with Gasteiger partial charge < -0.3 is 5.32 Å². The van der Waals surface area contributed by atoms with Crippen molar-refractivity contribution in [1.82, 2.24) is 9.62 Å². The second kappa shape index (κ2) is 7.10. The van der Waals surface area contributed by atoms with E-state index in [9.17, 15) is 13.2 Å². The van der Waals surface area contributed by atoms with Gasteiger partial charge in [-0.05, 0) is 37.5 Å². The van der Waals surface area contributed by atoms with Crippen LogP contribution in [-0.2, 0) is 14.8 Å². The molecular formula is C15H21BrN2O3S. The van der Waals surface area contributed by atoms with E-state index in [4.69, 9.17) is 0 Å². The molecule has 1 atom stereocenters. The van der Waals surface area contributed by atoms with Crippen molar-refractivity contribution in [2.45, 2.75) is 25.8 Å². The van der Waals surface area contributed by atoms with Crippen LogP contribution in [0.15, 0.2) is 28.7 Å². The number of amides is 1. The molecule has 0 saturated carbocycles. The van der Waals surface area contributed by atoms with E-state index in [2.05, 4.69) is 21.2 Å². The number of carbonyl (C=O) groups is 1. The van der Waals surface area contributed by atoms with Gasteiger partial charge in [-0.2, -0.15) is 0 Å². The SMILES string of the molecule is C[C@@H](NC(=O)C1CCN(S(C)(=O)=O)CC1)c1cccc(Br)c1. The van der Waals surface area contributed by atoms with Crippen LogP contribution < -0.4 is 5.32 Å². The van der Waals surface area contributed by atoms with Crippen LogP contribution in [0.1, 0.15) is 31.4 Å². The Bertz CT molecular complexity index is 640. The first kappa shape index (κ1) is 17.4. The summed E-state index contributed by atoms with van der Waals surface area (Å²) < 4.78 is 25.4. The minimum Gasteiger partial charge on any atom is -0.349 e. The number of hydrogen-bond donors (Lipinski definition) is 1. The van der Waals surface area contributed by atoms with Crippen LogP contribution in [0.3, 0.4) is 0 Å². The van der Waals surface area contributed by atoms with Crippen molar-refractivity contribution in [1.29, 1.82) is 0 Å². The fourth-order valence-corrected chi connectivity index (χ4v) is 3.93. The van der Waals surface area contributed by atoms with E-state index in [1.54, 1.807) is 0 Å². The van der Waals surface area contributed by atoms with Gasteiger partial charge in [-0.3, -0.25) is 4.79 Å². The number of rotatable bonds is 4. The third-order valence-electron chi connectivity index (χ3n) is 4.00. The lowest BCUT2D eigenvalue weighted by Gasteiger charge is -2.30. The zero-order valence-corrected chi connectivity index (χ0v) is 15.2. The highest BCUT2D eigenvalue weighted by atomic mass is 79.9. The third-order valence-corrected chi connectivity index (χ3v) is 5.80. The molecule has 2 rings (SSSR count). The van der Waals surface area contributed by atoms with Gasteiger partial charge in [0.25, 0.3) is 0 Å². The Balaban J connectivity index is 1.91. The first-order chi connectivity index (χ1) is 10.3. The summed E-state index contributed by atoms with van der Waals surface area (Å²) in [6.07, 6.45) is 2.36. The van der Waals surface area contributed by atoms with Gasteiger partial charge in [0.2, 0.25) is 15.9 Å². The largest absolute Gasteiger partial charge is 0.349 e. The smallest absolute Gasteiger partial charge is 0.223 e. The van der Waals surface area contributed by atoms with Crippen molar-refractivity contribution in [3.8, 4) is 0 Å². The van der Waals surface area contributed by atoms with E-state index >= 15 is 0 Å². The number of nitrogens with one attached hydrogen (secondary N) is 1. The Morgan fingerprint density at radius 3 is 2.55 bits per heavy atom. The fourth-order valence-electron chi connectivity index (χ4n) is 2.64. The molecule has 1 aliphatic rings. The zero-order chi connectivity index (χ0) is 16.3. The van der Waals surface area contributed by atoms with Crippen molar-refractivity contribution in [2.24, 2.45) is 5.92 Å². The van der Waals surface area contributed by atoms with Gasteiger partial charge >= 0.3 is 0 Å². The lowest BCUT2D eigenvalue weighted by molar-refractivity contribution is -0.126. The van der Waals surface area contributed by atoms with Crippen LogP contribution in [0.25, 0.3) is 0 Å². The molecule has 1 aromatic carbocycles. The molecule has 1 amide bonds. The zero-order valence-electron chi connectivity index (χ0n) is 12.8. The van der Waals surface area contributed by atoms with E-state index in [0.717, 1.165) is 10.0 Å². The molecule has 0 spiro atoms. The quantitative estimate of drug-likeness (QED) is 0.860. The van der Waals surface area contributed by atoms with Gasteiger partial charge in [0.1, 0.15) is 0 Å². The standard InChI is InChI=1S/C15H21BrN2O3S/c1-11(13-4-3-5-14(16)10-13)17-15(19)12-6-8-18(9-7-12)22(2,20)21/h3-5,10-12H,6-9H2,1-2H3,(H,17,19)/t11-/m1/s1. The Hall–Kier alpha value is -0.920. The summed E-state index contributed by atoms with van der Waals surface area (Å²) in [7, 11) is -3.15. The maximum Gasteiger partial charge on any atom is 0.223 e. The summed E-state index contributed by atoms with van der Waals surface area (Å²) in [4.78, 5) is 12.3. The summed E-state index contributed by atoms with van der Waals surface area (Å²) in [5.74, 6) is -0.117. The van der Waals surface area contributed by atoms with Crippen molar-refractivity contribution in [3.63, 3.8) is 0 Å². The van der Waals surface area contributed by atoms with Gasteiger partial charge in [0.05, 0.1) is 12.3 Å². The topological polar surface area (TPSA) is 66.5 Å². The summed E-state index contributed by atoms with van der Waals surface area (Å²) in [6.45, 7) is 2.79. The second-order valence-corrected chi connectivity index (χ2v) is 8.62. The Morgan fingerprint density at radius 1 is 1.36 bits per heavy atom. The second-order valence-electron chi connectivity index (χ2n) is 5.72. The number of nitrogens with zero attached hydrogens (tertiary/aromatic N) is 1. The van der Waals surface area contributed by atoms with Crippen LogP contribution in [0.2, 0.25) is 0 Å². The number of hydrogen-bond acceptors (Lipinski definition) is 3. The summed E-state index contributed by atoms with van der Waals surface area (Å²) >= 11 is 3.42. The molecule has 0 radical (unpaired) electrons. The molecule has 1 aliphatic heterocycles. The van der Waals surface area contributed by atoms with Crippen LogP contribution in [-0.4, -0.2) is 38.0 Å². The molecule has 0 bridgehead atoms. The van der Waals surface area contributed by atoms with E-state index in [1.807, 2.05) is 31.2 Å². The molecular weight excluding hydrogens is 368 g/mol. The number of halogens is 1. The van der Waals surface area contributed by atoms with E-state index < -0.39 is 10.0 Å². The molecule has 0 aromatic heterocycles. The predicted octanol–water partition coefficient (Wildman–Crippen LogP) is 2.30. The van der Waals surface area contributed by atoms with E-state index in [1.165, 1.54) is 10.6 Å². The highest BCUT2D eigenvalue weighted by Gasteiger charge is 2.29.